The average Bonchev–Trinajstić information content (AvgIpc) is 3.14. The standard InChI is InChI=1S/C25H37N3O4/c29-24(18-15-20-12-13-21(16-18)32-20)28-22(25(30)31)9-5-3-1-2-4-8-19-11-10-17-7-6-14-26-23(17)27-19/h10-11,18,20-22H,1-9,12-16H2,(H,26,27)(H,28,29)(H,30,31)/t18?,20-,21+,22-/m0/s1. The van der Waals surface area contributed by atoms with Crippen LogP contribution in [0.5, 0.6) is 0 Å². The van der Waals surface area contributed by atoms with E-state index in [9.17, 15) is 14.7 Å². The number of nitrogens with zero attached hydrogens (tertiary/aromatic N) is 1. The van der Waals surface area contributed by atoms with Gasteiger partial charge in [-0.05, 0) is 69.4 Å². The third-order valence-electron chi connectivity index (χ3n) is 7.15. The van der Waals surface area contributed by atoms with Crippen molar-refractivity contribution in [2.45, 2.75) is 102 Å². The normalized spacial score (nSPS) is 24.9. The second-order valence-electron chi connectivity index (χ2n) is 9.67. The Morgan fingerprint density at radius 1 is 1.12 bits per heavy atom. The van der Waals surface area contributed by atoms with Gasteiger partial charge in [-0.2, -0.15) is 0 Å². The van der Waals surface area contributed by atoms with Crippen molar-refractivity contribution in [3.05, 3.63) is 23.4 Å². The molecule has 0 saturated carbocycles. The van der Waals surface area contributed by atoms with E-state index in [-0.39, 0.29) is 24.0 Å². The molecular formula is C25H37N3O4. The highest BCUT2D eigenvalue weighted by molar-refractivity contribution is 5.85. The lowest BCUT2D eigenvalue weighted by Crippen LogP contribution is -2.45. The van der Waals surface area contributed by atoms with Crippen LogP contribution in [-0.4, -0.2) is 46.8 Å². The van der Waals surface area contributed by atoms with Gasteiger partial charge in [-0.1, -0.05) is 31.7 Å². The van der Waals surface area contributed by atoms with Crippen LogP contribution in [0, 0.1) is 5.92 Å². The molecule has 0 spiro atoms. The van der Waals surface area contributed by atoms with Gasteiger partial charge in [0.2, 0.25) is 5.91 Å². The number of aliphatic carboxylic acids is 1. The second kappa shape index (κ2) is 11.1. The number of rotatable bonds is 11. The number of fused-ring (bicyclic) bond motifs is 3. The first-order valence-electron chi connectivity index (χ1n) is 12.5. The number of nitrogens with one attached hydrogen (secondary N) is 2. The summed E-state index contributed by atoms with van der Waals surface area (Å²) in [5.74, 6) is -0.0791. The van der Waals surface area contributed by atoms with Gasteiger partial charge < -0.3 is 20.5 Å². The number of carboxylic acids is 1. The molecule has 1 unspecified atom stereocenters. The number of carbonyl (C=O) groups is 2. The van der Waals surface area contributed by atoms with E-state index in [1.54, 1.807) is 0 Å². The summed E-state index contributed by atoms with van der Waals surface area (Å²) in [7, 11) is 0. The SMILES string of the molecule is O=C(N[C@@H](CCCCCCCc1ccc2c(n1)NCCC2)C(=O)O)C1C[C@H]2CC[C@@H](C1)O2. The van der Waals surface area contributed by atoms with Crippen molar-refractivity contribution in [2.24, 2.45) is 5.92 Å². The zero-order valence-electron chi connectivity index (χ0n) is 19.0. The highest BCUT2D eigenvalue weighted by atomic mass is 16.5. The predicted molar refractivity (Wildman–Crippen MR) is 123 cm³/mol. The van der Waals surface area contributed by atoms with Crippen molar-refractivity contribution in [1.29, 1.82) is 0 Å². The Kier molecular flexibility index (Phi) is 8.00. The Labute approximate surface area is 190 Å². The summed E-state index contributed by atoms with van der Waals surface area (Å²) in [5.41, 5.74) is 2.47. The van der Waals surface area contributed by atoms with Crippen LogP contribution in [-0.2, 0) is 27.2 Å². The number of unbranched alkanes of at least 4 members (excludes halogenated alkanes) is 4. The van der Waals surface area contributed by atoms with Crippen LogP contribution >= 0.6 is 0 Å². The number of anilines is 1. The number of hydrogen-bond donors (Lipinski definition) is 3. The Bertz CT molecular complexity index is 787. The lowest BCUT2D eigenvalue weighted by atomic mass is 9.94. The van der Waals surface area contributed by atoms with Gasteiger partial charge in [0.25, 0.3) is 0 Å². The minimum absolute atomic E-state index is 0.101. The molecule has 0 aliphatic carbocycles. The van der Waals surface area contributed by atoms with Crippen molar-refractivity contribution in [2.75, 3.05) is 11.9 Å². The molecule has 7 nitrogen and oxygen atoms in total. The number of carbonyl (C=O) groups excluding carboxylic acids is 1. The van der Waals surface area contributed by atoms with Gasteiger partial charge in [0.05, 0.1) is 12.2 Å². The second-order valence-corrected chi connectivity index (χ2v) is 9.67. The predicted octanol–water partition coefficient (Wildman–Crippen LogP) is 3.85. The fourth-order valence-electron chi connectivity index (χ4n) is 5.31. The topological polar surface area (TPSA) is 101 Å². The van der Waals surface area contributed by atoms with Gasteiger partial charge in [-0.3, -0.25) is 4.79 Å². The summed E-state index contributed by atoms with van der Waals surface area (Å²) >= 11 is 0. The monoisotopic (exact) mass is 443 g/mol. The van der Waals surface area contributed by atoms with Gasteiger partial charge in [0, 0.05) is 18.2 Å². The van der Waals surface area contributed by atoms with Crippen LogP contribution in [0.2, 0.25) is 0 Å². The number of hydrogen-bond acceptors (Lipinski definition) is 5. The Hall–Kier alpha value is -2.15. The number of pyridine rings is 1. The van der Waals surface area contributed by atoms with E-state index < -0.39 is 12.0 Å². The highest BCUT2D eigenvalue weighted by Crippen LogP contribution is 2.36. The molecule has 2 fully saturated rings. The van der Waals surface area contributed by atoms with E-state index in [2.05, 4.69) is 22.8 Å². The van der Waals surface area contributed by atoms with Crippen molar-refractivity contribution in [3.63, 3.8) is 0 Å². The van der Waals surface area contributed by atoms with E-state index in [4.69, 9.17) is 9.72 Å². The van der Waals surface area contributed by atoms with Gasteiger partial charge in [0.15, 0.2) is 0 Å². The van der Waals surface area contributed by atoms with Crippen LogP contribution in [0.25, 0.3) is 0 Å². The third-order valence-corrected chi connectivity index (χ3v) is 7.15. The van der Waals surface area contributed by atoms with Gasteiger partial charge >= 0.3 is 5.97 Å². The maximum Gasteiger partial charge on any atom is 0.326 e. The van der Waals surface area contributed by atoms with Crippen LogP contribution in [0.1, 0.15) is 81.9 Å². The summed E-state index contributed by atoms with van der Waals surface area (Å²) in [5, 5.41) is 15.7. The van der Waals surface area contributed by atoms with Gasteiger partial charge in [-0.25, -0.2) is 9.78 Å². The Morgan fingerprint density at radius 3 is 2.66 bits per heavy atom. The molecule has 176 valence electrons. The van der Waals surface area contributed by atoms with Crippen molar-refractivity contribution in [3.8, 4) is 0 Å². The number of aryl methyl sites for hydroxylation is 2. The molecule has 3 aliphatic rings. The zero-order valence-corrected chi connectivity index (χ0v) is 19.0. The fraction of sp³-hybridized carbons (Fsp3) is 0.720. The molecule has 1 aromatic heterocycles. The van der Waals surface area contributed by atoms with E-state index in [0.29, 0.717) is 6.42 Å². The summed E-state index contributed by atoms with van der Waals surface area (Å²) in [6.45, 7) is 1.01. The van der Waals surface area contributed by atoms with Crippen LogP contribution in [0.4, 0.5) is 5.82 Å². The molecule has 2 bridgehead atoms. The number of amides is 1. The number of aromatic nitrogens is 1. The van der Waals surface area contributed by atoms with Gasteiger partial charge in [-0.15, -0.1) is 0 Å². The summed E-state index contributed by atoms with van der Waals surface area (Å²) in [4.78, 5) is 29.0. The van der Waals surface area contributed by atoms with E-state index in [1.807, 2.05) is 0 Å². The van der Waals surface area contributed by atoms with Crippen molar-refractivity contribution in [1.82, 2.24) is 10.3 Å². The molecule has 7 heteroatoms. The smallest absolute Gasteiger partial charge is 0.326 e. The molecule has 0 radical (unpaired) electrons. The van der Waals surface area contributed by atoms with E-state index in [1.165, 1.54) is 12.0 Å². The minimum Gasteiger partial charge on any atom is -0.480 e. The minimum atomic E-state index is -0.930. The number of carboxylic acid groups (broad SMARTS) is 1. The Balaban J connectivity index is 1.10. The molecule has 4 heterocycles. The highest BCUT2D eigenvalue weighted by Gasteiger charge is 2.38. The molecule has 3 N–H and O–H groups in total. The van der Waals surface area contributed by atoms with Crippen molar-refractivity contribution >= 4 is 17.7 Å². The van der Waals surface area contributed by atoms with Crippen LogP contribution in [0.15, 0.2) is 12.1 Å². The molecule has 32 heavy (non-hydrogen) atoms. The molecule has 4 rings (SSSR count). The first kappa shape index (κ1) is 23.0. The average molecular weight is 444 g/mol. The van der Waals surface area contributed by atoms with Crippen molar-refractivity contribution < 1.29 is 19.4 Å². The number of ether oxygens (including phenoxy) is 1. The third kappa shape index (κ3) is 6.21. The molecule has 1 amide bonds. The lowest BCUT2D eigenvalue weighted by molar-refractivity contribution is -0.143. The molecule has 4 atom stereocenters. The first-order valence-corrected chi connectivity index (χ1v) is 12.5. The molecule has 3 aliphatic heterocycles. The first-order chi connectivity index (χ1) is 15.6. The lowest BCUT2D eigenvalue weighted by Gasteiger charge is -2.28. The molecule has 2 saturated heterocycles. The summed E-state index contributed by atoms with van der Waals surface area (Å²) in [6, 6.07) is 3.57. The van der Waals surface area contributed by atoms with Crippen LogP contribution in [0.3, 0.4) is 0 Å². The largest absolute Gasteiger partial charge is 0.480 e. The maximum absolute atomic E-state index is 12.6. The zero-order chi connectivity index (χ0) is 22.3. The molecular weight excluding hydrogens is 406 g/mol. The molecule has 1 aromatic rings. The maximum atomic E-state index is 12.6. The van der Waals surface area contributed by atoms with E-state index in [0.717, 1.165) is 88.7 Å². The fourth-order valence-corrected chi connectivity index (χ4v) is 5.31. The Morgan fingerprint density at radius 2 is 1.88 bits per heavy atom. The quantitative estimate of drug-likeness (QED) is 0.449. The van der Waals surface area contributed by atoms with E-state index >= 15 is 0 Å². The summed E-state index contributed by atoms with van der Waals surface area (Å²) in [6.07, 6.45) is 12.7. The molecule has 0 aromatic carbocycles. The van der Waals surface area contributed by atoms with Gasteiger partial charge in [0.1, 0.15) is 11.9 Å². The summed E-state index contributed by atoms with van der Waals surface area (Å²) < 4.78 is 5.79. The van der Waals surface area contributed by atoms with Crippen LogP contribution < -0.4 is 10.6 Å².